The van der Waals surface area contributed by atoms with Crippen molar-refractivity contribution in [3.63, 3.8) is 0 Å². The quantitative estimate of drug-likeness (QED) is 0.0988. The van der Waals surface area contributed by atoms with Crippen molar-refractivity contribution in [3.8, 4) is 17.0 Å². The van der Waals surface area contributed by atoms with E-state index >= 15 is 0 Å². The zero-order valence-corrected chi connectivity index (χ0v) is 27.8. The molecule has 1 aliphatic heterocycles. The summed E-state index contributed by atoms with van der Waals surface area (Å²) in [6.45, 7) is 0.410. The summed E-state index contributed by atoms with van der Waals surface area (Å²) in [5.41, 5.74) is 0.728. The van der Waals surface area contributed by atoms with Crippen molar-refractivity contribution in [3.05, 3.63) is 57.3 Å². The Hall–Kier alpha value is -2.82. The highest BCUT2D eigenvalue weighted by molar-refractivity contribution is 14.1. The molecule has 2 aliphatic rings. The van der Waals surface area contributed by atoms with E-state index in [1.165, 1.54) is 6.07 Å². The van der Waals surface area contributed by atoms with Crippen molar-refractivity contribution in [1.82, 2.24) is 10.1 Å². The lowest BCUT2D eigenvalue weighted by Crippen LogP contribution is -2.46. The van der Waals surface area contributed by atoms with Gasteiger partial charge in [0.25, 0.3) is 0 Å². The van der Waals surface area contributed by atoms with E-state index in [9.17, 15) is 22.8 Å². The van der Waals surface area contributed by atoms with Crippen LogP contribution in [0.15, 0.2) is 34.9 Å². The summed E-state index contributed by atoms with van der Waals surface area (Å²) in [4.78, 5) is 32.3. The molecule has 2 atom stereocenters. The summed E-state index contributed by atoms with van der Waals surface area (Å²) < 4.78 is 61.1. The molecule has 0 spiro atoms. The zero-order valence-electron chi connectivity index (χ0n) is 23.3. The molecule has 238 valence electrons. The van der Waals surface area contributed by atoms with Crippen molar-refractivity contribution in [2.24, 2.45) is 0 Å². The maximum atomic E-state index is 13.7. The Morgan fingerprint density at radius 3 is 2.53 bits per heavy atom. The Labute approximate surface area is 282 Å². The largest absolute Gasteiger partial charge is 0.573 e. The van der Waals surface area contributed by atoms with Crippen LogP contribution in [0.3, 0.4) is 0 Å². The lowest BCUT2D eigenvalue weighted by molar-refractivity contribution is -0.274. The first-order valence-corrected chi connectivity index (χ1v) is 16.8. The number of piperidine rings is 1. The molecule has 0 amide bonds. The normalized spacial score (nSPS) is 18.7. The molecule has 0 radical (unpaired) electrons. The van der Waals surface area contributed by atoms with Gasteiger partial charge in [-0.25, -0.2) is 14.6 Å². The van der Waals surface area contributed by atoms with Crippen LogP contribution in [0.5, 0.6) is 5.75 Å². The third-order valence-electron chi connectivity index (χ3n) is 7.53. The van der Waals surface area contributed by atoms with Crippen molar-refractivity contribution in [1.29, 1.82) is 0 Å². The monoisotopic (exact) mass is 795 g/mol. The van der Waals surface area contributed by atoms with Crippen LogP contribution in [0.1, 0.15) is 58.1 Å². The summed E-state index contributed by atoms with van der Waals surface area (Å²) in [6, 6.07) is 7.24. The van der Waals surface area contributed by atoms with Crippen molar-refractivity contribution in [2.45, 2.75) is 50.1 Å². The Morgan fingerprint density at radius 1 is 1.16 bits per heavy atom. The maximum absolute atomic E-state index is 13.7. The molecule has 1 saturated carbocycles. The molecule has 3 heterocycles. The second kappa shape index (κ2) is 12.8. The number of rotatable bonds is 8. The van der Waals surface area contributed by atoms with Gasteiger partial charge in [0.2, 0.25) is 0 Å². The van der Waals surface area contributed by atoms with E-state index in [1.54, 1.807) is 18.2 Å². The molecule has 0 bridgehead atoms. The summed E-state index contributed by atoms with van der Waals surface area (Å²) in [7, 11) is 1.14. The van der Waals surface area contributed by atoms with Crippen LogP contribution in [0.2, 0.25) is 10.0 Å². The molecule has 2 fully saturated rings. The number of aromatic nitrogens is 2. The van der Waals surface area contributed by atoms with Gasteiger partial charge in [0, 0.05) is 41.3 Å². The maximum Gasteiger partial charge on any atom is 0.573 e. The van der Waals surface area contributed by atoms with E-state index in [1.807, 2.05) is 4.90 Å². The van der Waals surface area contributed by atoms with Crippen LogP contribution in [-0.4, -0.2) is 58.7 Å². The molecular formula is C29H23Cl2F3IN3O6S. The first kappa shape index (κ1) is 32.1. The average Bonchev–Trinajstić information content (AvgIpc) is 3.59. The van der Waals surface area contributed by atoms with E-state index in [4.69, 9.17) is 37.2 Å². The van der Waals surface area contributed by atoms with Gasteiger partial charge in [-0.1, -0.05) is 68.4 Å². The SMILES string of the molecule is COC(=O)c1cc(OC(F)(F)F)c2nc(N3CC[C@@H](OC(=O)c4c(-c5c(Cl)cccc5Cl)noc4C4CC4)C[C@H]3CI)sc2c1. The minimum atomic E-state index is -4.99. The van der Waals surface area contributed by atoms with Crippen LogP contribution < -0.4 is 9.64 Å². The molecule has 0 N–H and O–H groups in total. The van der Waals surface area contributed by atoms with Gasteiger partial charge < -0.3 is 23.6 Å². The number of benzene rings is 2. The van der Waals surface area contributed by atoms with Gasteiger partial charge in [-0.15, -0.1) is 13.2 Å². The number of alkyl halides is 4. The number of esters is 2. The summed E-state index contributed by atoms with van der Waals surface area (Å²) in [5.74, 6) is -1.47. The number of hydrogen-bond donors (Lipinski definition) is 0. The van der Waals surface area contributed by atoms with Crippen LogP contribution in [0.4, 0.5) is 18.3 Å². The average molecular weight is 796 g/mol. The number of fused-ring (bicyclic) bond motifs is 1. The number of thiazole rings is 1. The van der Waals surface area contributed by atoms with E-state index in [2.05, 4.69) is 37.5 Å². The van der Waals surface area contributed by atoms with E-state index in [-0.39, 0.29) is 34.3 Å². The first-order valence-electron chi connectivity index (χ1n) is 13.7. The Bertz CT molecular complexity index is 1760. The van der Waals surface area contributed by atoms with Gasteiger partial charge in [0.1, 0.15) is 22.9 Å². The second-order valence-electron chi connectivity index (χ2n) is 10.6. The van der Waals surface area contributed by atoms with Crippen molar-refractivity contribution < 1.29 is 41.5 Å². The van der Waals surface area contributed by atoms with Crippen LogP contribution >= 0.6 is 57.1 Å². The number of nitrogens with zero attached hydrogens (tertiary/aromatic N) is 3. The van der Waals surface area contributed by atoms with Crippen molar-refractivity contribution >= 4 is 84.4 Å². The number of methoxy groups -OCH3 is 1. The van der Waals surface area contributed by atoms with Gasteiger partial charge in [-0.3, -0.25) is 0 Å². The number of anilines is 1. The fraction of sp³-hybridized carbons (Fsp3) is 0.379. The van der Waals surface area contributed by atoms with Gasteiger partial charge in [0.05, 0.1) is 27.4 Å². The molecule has 2 aromatic heterocycles. The Morgan fingerprint density at radius 2 is 1.89 bits per heavy atom. The minimum Gasteiger partial charge on any atom is -0.465 e. The second-order valence-corrected chi connectivity index (χ2v) is 13.3. The van der Waals surface area contributed by atoms with Gasteiger partial charge in [-0.2, -0.15) is 0 Å². The smallest absolute Gasteiger partial charge is 0.465 e. The summed E-state index contributed by atoms with van der Waals surface area (Å²) >= 11 is 16.2. The molecule has 4 aromatic rings. The molecule has 16 heteroatoms. The number of carbonyl (C=O) groups excluding carboxylic acids is 2. The molecule has 2 aromatic carbocycles. The highest BCUT2D eigenvalue weighted by Gasteiger charge is 2.39. The van der Waals surface area contributed by atoms with E-state index < -0.39 is 30.2 Å². The molecule has 45 heavy (non-hydrogen) atoms. The number of hydrogen-bond acceptors (Lipinski definition) is 10. The van der Waals surface area contributed by atoms with Crippen LogP contribution in [-0.2, 0) is 9.47 Å². The highest BCUT2D eigenvalue weighted by Crippen LogP contribution is 2.46. The predicted molar refractivity (Wildman–Crippen MR) is 170 cm³/mol. The zero-order chi connectivity index (χ0) is 32.0. The number of carbonyl (C=O) groups is 2. The third kappa shape index (κ3) is 6.69. The molecule has 1 saturated heterocycles. The molecular weight excluding hydrogens is 773 g/mol. The minimum absolute atomic E-state index is 0.0217. The van der Waals surface area contributed by atoms with Gasteiger partial charge in [-0.05, 0) is 37.1 Å². The van der Waals surface area contributed by atoms with Crippen LogP contribution in [0.25, 0.3) is 21.5 Å². The first-order chi connectivity index (χ1) is 21.5. The molecule has 0 unspecified atom stereocenters. The molecule has 1 aliphatic carbocycles. The van der Waals surface area contributed by atoms with Crippen molar-refractivity contribution in [2.75, 3.05) is 23.0 Å². The van der Waals surface area contributed by atoms with Gasteiger partial charge >= 0.3 is 18.3 Å². The fourth-order valence-electron chi connectivity index (χ4n) is 5.30. The van der Waals surface area contributed by atoms with Crippen LogP contribution in [0, 0.1) is 0 Å². The van der Waals surface area contributed by atoms with E-state index in [0.717, 1.165) is 37.4 Å². The molecule has 6 rings (SSSR count). The Balaban J connectivity index is 1.25. The van der Waals surface area contributed by atoms with E-state index in [0.29, 0.717) is 55.0 Å². The van der Waals surface area contributed by atoms with Gasteiger partial charge in [0.15, 0.2) is 16.6 Å². The Kier molecular flexibility index (Phi) is 9.11. The number of ether oxygens (including phenoxy) is 3. The topological polar surface area (TPSA) is 104 Å². The fourth-order valence-corrected chi connectivity index (χ4v) is 7.83. The highest BCUT2D eigenvalue weighted by atomic mass is 127. The standard InChI is InChI=1S/C29H23Cl2F3IN3O6S/c1-41-26(39)14-9-19(43-29(32,33)34)23-20(10-14)45-28(36-23)38-8-7-16(11-15(38)12-35)42-27(40)22-24(37-44-25(22)13-5-6-13)21-17(30)3-2-4-18(21)31/h2-4,9-10,13,15-16H,5-8,11-12H2,1H3/t15-,16+/m0/s1. The lowest BCUT2D eigenvalue weighted by atomic mass is 10.0. The third-order valence-corrected chi connectivity index (χ3v) is 10.2. The number of halogens is 6. The predicted octanol–water partition coefficient (Wildman–Crippen LogP) is 8.45. The molecule has 9 nitrogen and oxygen atoms in total. The summed E-state index contributed by atoms with van der Waals surface area (Å²) in [6.07, 6.45) is -2.86. The summed E-state index contributed by atoms with van der Waals surface area (Å²) in [5, 5.41) is 5.27. The lowest BCUT2D eigenvalue weighted by Gasteiger charge is -2.38.